The van der Waals surface area contributed by atoms with Crippen LogP contribution in [0.25, 0.3) is 10.8 Å². The number of methoxy groups -OCH3 is 1. The van der Waals surface area contributed by atoms with Crippen molar-refractivity contribution >= 4 is 10.8 Å². The molecule has 71 valence electrons. The number of phenols is 1. The molecule has 1 N–H and O–H groups in total. The highest BCUT2D eigenvalue weighted by atomic mass is 16.5. The van der Waals surface area contributed by atoms with Crippen LogP contribution in [0.2, 0.25) is 0 Å². The van der Waals surface area contributed by atoms with Crippen molar-refractivity contribution in [2.24, 2.45) is 0 Å². The van der Waals surface area contributed by atoms with E-state index >= 15 is 0 Å². The van der Waals surface area contributed by atoms with Gasteiger partial charge in [0.2, 0.25) is 0 Å². The van der Waals surface area contributed by atoms with Crippen LogP contribution in [0.5, 0.6) is 11.5 Å². The Morgan fingerprint density at radius 3 is 3.00 bits per heavy atom. The second-order valence-corrected chi connectivity index (χ2v) is 2.76. The predicted molar refractivity (Wildman–Crippen MR) is 49.5 cm³/mol. The fraction of sp³-hybridized carbons (Fsp3) is 0.100. The molecule has 1 aromatic heterocycles. The van der Waals surface area contributed by atoms with Gasteiger partial charge in [-0.1, -0.05) is 0 Å². The molecular weight excluding hydrogens is 184 g/mol. The molecule has 14 heavy (non-hydrogen) atoms. The van der Waals surface area contributed by atoms with E-state index in [1.54, 1.807) is 6.07 Å². The van der Waals surface area contributed by atoms with Crippen molar-refractivity contribution in [3.63, 3.8) is 0 Å². The summed E-state index contributed by atoms with van der Waals surface area (Å²) in [5, 5.41) is 10.2. The Labute approximate surface area is 79.4 Å². The van der Waals surface area contributed by atoms with E-state index in [2.05, 4.69) is 10.7 Å². The summed E-state index contributed by atoms with van der Waals surface area (Å²) in [6, 6.07) is 4.46. The number of benzene rings is 1. The first-order valence-electron chi connectivity index (χ1n) is 3.93. The molecule has 4 nitrogen and oxygen atoms in total. The molecule has 0 spiro atoms. The van der Waals surface area contributed by atoms with Crippen LogP contribution < -0.4 is 10.4 Å². The third-order valence-corrected chi connectivity index (χ3v) is 1.93. The van der Waals surface area contributed by atoms with Gasteiger partial charge in [-0.15, -0.1) is 0 Å². The van der Waals surface area contributed by atoms with Crippen LogP contribution in [0, 0.1) is 6.26 Å². The van der Waals surface area contributed by atoms with Gasteiger partial charge < -0.3 is 14.3 Å². The molecule has 0 aliphatic carbocycles. The summed E-state index contributed by atoms with van der Waals surface area (Å²) in [6.45, 7) is 0. The minimum Gasteiger partial charge on any atom is -0.507 e. The highest BCUT2D eigenvalue weighted by Gasteiger charge is 2.07. The molecule has 1 radical (unpaired) electrons. The third kappa shape index (κ3) is 1.21. The molecule has 1 aromatic carbocycles. The van der Waals surface area contributed by atoms with Crippen molar-refractivity contribution in [2.75, 3.05) is 7.11 Å². The molecule has 4 heteroatoms. The molecule has 0 saturated heterocycles. The van der Waals surface area contributed by atoms with Crippen LogP contribution in [0.15, 0.2) is 27.4 Å². The van der Waals surface area contributed by atoms with Gasteiger partial charge in [-0.2, -0.15) is 0 Å². The lowest BCUT2D eigenvalue weighted by atomic mass is 10.1. The van der Waals surface area contributed by atoms with Crippen molar-refractivity contribution in [1.29, 1.82) is 0 Å². The fourth-order valence-corrected chi connectivity index (χ4v) is 1.27. The van der Waals surface area contributed by atoms with Crippen LogP contribution in [0.4, 0.5) is 0 Å². The van der Waals surface area contributed by atoms with E-state index in [0.29, 0.717) is 11.1 Å². The summed E-state index contributed by atoms with van der Waals surface area (Å²) >= 11 is 0. The van der Waals surface area contributed by atoms with E-state index in [4.69, 9.17) is 4.74 Å². The predicted octanol–water partition coefficient (Wildman–Crippen LogP) is 1.31. The first kappa shape index (κ1) is 8.62. The Kier molecular flexibility index (Phi) is 1.89. The SMILES string of the molecule is COc1cc(O)c2c(=O)o[c]cc2c1. The molecule has 0 bridgehead atoms. The lowest BCUT2D eigenvalue weighted by molar-refractivity contribution is 0.408. The minimum absolute atomic E-state index is 0.143. The van der Waals surface area contributed by atoms with Gasteiger partial charge in [0.15, 0.2) is 6.26 Å². The van der Waals surface area contributed by atoms with E-state index in [1.807, 2.05) is 0 Å². The zero-order valence-corrected chi connectivity index (χ0v) is 7.40. The summed E-state index contributed by atoms with van der Waals surface area (Å²) in [7, 11) is 1.48. The lowest BCUT2D eigenvalue weighted by Gasteiger charge is -2.02. The van der Waals surface area contributed by atoms with Crippen LogP contribution >= 0.6 is 0 Å². The largest absolute Gasteiger partial charge is 0.507 e. The molecule has 0 aliphatic rings. The third-order valence-electron chi connectivity index (χ3n) is 1.93. The number of hydrogen-bond donors (Lipinski definition) is 1. The Morgan fingerprint density at radius 2 is 2.29 bits per heavy atom. The van der Waals surface area contributed by atoms with E-state index in [0.717, 1.165) is 0 Å². The Morgan fingerprint density at radius 1 is 1.50 bits per heavy atom. The lowest BCUT2D eigenvalue weighted by Crippen LogP contribution is -1.98. The minimum atomic E-state index is -0.609. The second-order valence-electron chi connectivity index (χ2n) is 2.76. The average Bonchev–Trinajstić information content (AvgIpc) is 2.17. The number of fused-ring (bicyclic) bond motifs is 1. The van der Waals surface area contributed by atoms with E-state index < -0.39 is 5.63 Å². The molecule has 0 amide bonds. The van der Waals surface area contributed by atoms with Crippen LogP contribution in [-0.2, 0) is 0 Å². The van der Waals surface area contributed by atoms with Gasteiger partial charge in [0.05, 0.1) is 7.11 Å². The molecule has 0 saturated carbocycles. The molecule has 1 heterocycles. The molecule has 2 rings (SSSR count). The van der Waals surface area contributed by atoms with E-state index in [-0.39, 0.29) is 11.1 Å². The number of aromatic hydroxyl groups is 1. The number of ether oxygens (including phenoxy) is 1. The number of hydrogen-bond acceptors (Lipinski definition) is 4. The molecule has 0 atom stereocenters. The molecule has 2 aromatic rings. The standard InChI is InChI=1S/C10H7O4/c1-13-7-4-6-2-3-14-10(12)9(6)8(11)5-7/h2,4-5,11H,1H3. The van der Waals surface area contributed by atoms with Crippen molar-refractivity contribution in [2.45, 2.75) is 0 Å². The monoisotopic (exact) mass is 191 g/mol. The molecule has 0 aliphatic heterocycles. The van der Waals surface area contributed by atoms with Crippen molar-refractivity contribution < 1.29 is 14.3 Å². The second kappa shape index (κ2) is 3.06. The molecular formula is C10H7O4. The zero-order chi connectivity index (χ0) is 10.1. The maximum atomic E-state index is 11.2. The number of rotatable bonds is 1. The van der Waals surface area contributed by atoms with Crippen molar-refractivity contribution in [3.8, 4) is 11.5 Å². The Bertz CT molecular complexity index is 527. The highest BCUT2D eigenvalue weighted by molar-refractivity contribution is 5.87. The summed E-state index contributed by atoms with van der Waals surface area (Å²) in [6.07, 6.45) is 2.33. The van der Waals surface area contributed by atoms with Crippen molar-refractivity contribution in [1.82, 2.24) is 0 Å². The summed E-state index contributed by atoms with van der Waals surface area (Å²) in [4.78, 5) is 11.2. The average molecular weight is 191 g/mol. The smallest absolute Gasteiger partial charge is 0.348 e. The summed E-state index contributed by atoms with van der Waals surface area (Å²) in [5.74, 6) is 0.330. The normalized spacial score (nSPS) is 10.4. The van der Waals surface area contributed by atoms with Gasteiger partial charge in [-0.05, 0) is 12.1 Å². The van der Waals surface area contributed by atoms with Gasteiger partial charge in [-0.3, -0.25) is 0 Å². The Balaban J connectivity index is 2.90. The Hall–Kier alpha value is -1.97. The van der Waals surface area contributed by atoms with Gasteiger partial charge in [0.25, 0.3) is 0 Å². The van der Waals surface area contributed by atoms with Crippen LogP contribution in [0.3, 0.4) is 0 Å². The van der Waals surface area contributed by atoms with Gasteiger partial charge in [-0.25, -0.2) is 4.79 Å². The maximum Gasteiger partial charge on any atom is 0.348 e. The quantitative estimate of drug-likeness (QED) is 0.738. The van der Waals surface area contributed by atoms with Crippen LogP contribution in [-0.4, -0.2) is 12.2 Å². The zero-order valence-electron chi connectivity index (χ0n) is 7.40. The van der Waals surface area contributed by atoms with Crippen LogP contribution in [0.1, 0.15) is 0 Å². The van der Waals surface area contributed by atoms with Crippen molar-refractivity contribution in [3.05, 3.63) is 34.9 Å². The van der Waals surface area contributed by atoms with E-state index in [1.165, 1.54) is 19.2 Å². The fourth-order valence-electron chi connectivity index (χ4n) is 1.27. The van der Waals surface area contributed by atoms with Gasteiger partial charge in [0, 0.05) is 11.5 Å². The molecule has 0 unspecified atom stereocenters. The number of phenolic OH excluding ortho intramolecular Hbond substituents is 1. The van der Waals surface area contributed by atoms with E-state index in [9.17, 15) is 9.90 Å². The highest BCUT2D eigenvalue weighted by Crippen LogP contribution is 2.27. The van der Waals surface area contributed by atoms with Gasteiger partial charge >= 0.3 is 5.63 Å². The summed E-state index contributed by atoms with van der Waals surface area (Å²) in [5.41, 5.74) is -0.609. The first-order chi connectivity index (χ1) is 6.72. The maximum absolute atomic E-state index is 11.2. The first-order valence-corrected chi connectivity index (χ1v) is 3.93. The molecule has 0 fully saturated rings. The topological polar surface area (TPSA) is 59.7 Å². The van der Waals surface area contributed by atoms with Gasteiger partial charge in [0.1, 0.15) is 16.9 Å². The summed E-state index contributed by atoms with van der Waals surface area (Å²) < 4.78 is 9.45.